The fraction of sp³-hybridized carbons (Fsp3) is 0.211. The SMILES string of the molecule is O=C(CCCc1nc(-c2ccccc2)no1)Nc1ccc2c(c1)OCO2. The molecule has 7 nitrogen and oxygen atoms in total. The highest BCUT2D eigenvalue weighted by Gasteiger charge is 2.14. The van der Waals surface area contributed by atoms with Crippen LogP contribution in [-0.4, -0.2) is 22.8 Å². The highest BCUT2D eigenvalue weighted by molar-refractivity contribution is 5.91. The summed E-state index contributed by atoms with van der Waals surface area (Å²) < 4.78 is 15.8. The van der Waals surface area contributed by atoms with Gasteiger partial charge in [-0.1, -0.05) is 35.5 Å². The van der Waals surface area contributed by atoms with Crippen molar-refractivity contribution in [1.29, 1.82) is 0 Å². The topological polar surface area (TPSA) is 86.5 Å². The van der Waals surface area contributed by atoms with Crippen LogP contribution < -0.4 is 14.8 Å². The van der Waals surface area contributed by atoms with Crippen molar-refractivity contribution < 1.29 is 18.8 Å². The van der Waals surface area contributed by atoms with Gasteiger partial charge < -0.3 is 19.3 Å². The maximum absolute atomic E-state index is 12.1. The molecule has 4 rings (SSSR count). The normalized spacial score (nSPS) is 12.2. The van der Waals surface area contributed by atoms with E-state index in [-0.39, 0.29) is 12.7 Å². The van der Waals surface area contributed by atoms with E-state index in [2.05, 4.69) is 15.5 Å². The molecule has 0 saturated carbocycles. The molecule has 0 bridgehead atoms. The Kier molecular flexibility index (Phi) is 4.51. The summed E-state index contributed by atoms with van der Waals surface area (Å²) in [6.45, 7) is 0.210. The van der Waals surface area contributed by atoms with Gasteiger partial charge in [-0.3, -0.25) is 4.79 Å². The van der Waals surface area contributed by atoms with Crippen LogP contribution >= 0.6 is 0 Å². The minimum absolute atomic E-state index is 0.0772. The third-order valence-corrected chi connectivity index (χ3v) is 3.95. The number of nitrogens with one attached hydrogen (secondary N) is 1. The molecule has 0 fully saturated rings. The predicted octanol–water partition coefficient (Wildman–Crippen LogP) is 3.43. The molecule has 3 aromatic rings. The molecule has 1 N–H and O–H groups in total. The van der Waals surface area contributed by atoms with Crippen molar-refractivity contribution in [3.63, 3.8) is 0 Å². The van der Waals surface area contributed by atoms with E-state index in [1.165, 1.54) is 0 Å². The Bertz CT molecular complexity index is 908. The van der Waals surface area contributed by atoms with Crippen molar-refractivity contribution in [2.75, 3.05) is 12.1 Å². The van der Waals surface area contributed by atoms with Gasteiger partial charge in [0.05, 0.1) is 0 Å². The van der Waals surface area contributed by atoms with Crippen LogP contribution in [0.25, 0.3) is 11.4 Å². The molecule has 7 heteroatoms. The fourth-order valence-electron chi connectivity index (χ4n) is 2.66. The monoisotopic (exact) mass is 351 g/mol. The van der Waals surface area contributed by atoms with Crippen molar-refractivity contribution >= 4 is 11.6 Å². The van der Waals surface area contributed by atoms with E-state index in [0.29, 0.717) is 48.2 Å². The summed E-state index contributed by atoms with van der Waals surface area (Å²) in [6.07, 6.45) is 1.53. The minimum atomic E-state index is -0.0772. The van der Waals surface area contributed by atoms with Gasteiger partial charge in [0.1, 0.15) is 0 Å². The van der Waals surface area contributed by atoms with E-state index in [9.17, 15) is 4.79 Å². The number of carbonyl (C=O) groups is 1. The largest absolute Gasteiger partial charge is 0.454 e. The first-order chi connectivity index (χ1) is 12.8. The second-order valence-corrected chi connectivity index (χ2v) is 5.85. The summed E-state index contributed by atoms with van der Waals surface area (Å²) in [5.41, 5.74) is 1.59. The van der Waals surface area contributed by atoms with Crippen LogP contribution in [0.5, 0.6) is 11.5 Å². The molecule has 26 heavy (non-hydrogen) atoms. The zero-order chi connectivity index (χ0) is 17.8. The molecule has 1 aliphatic rings. The van der Waals surface area contributed by atoms with Crippen molar-refractivity contribution in [2.24, 2.45) is 0 Å². The Hall–Kier alpha value is -3.35. The molecule has 0 atom stereocenters. The molecule has 132 valence electrons. The Morgan fingerprint density at radius 1 is 1.08 bits per heavy atom. The van der Waals surface area contributed by atoms with Gasteiger partial charge >= 0.3 is 0 Å². The molecule has 0 saturated heterocycles. The fourth-order valence-corrected chi connectivity index (χ4v) is 2.66. The van der Waals surface area contributed by atoms with Gasteiger partial charge in [-0.25, -0.2) is 0 Å². The first-order valence-corrected chi connectivity index (χ1v) is 8.35. The summed E-state index contributed by atoms with van der Waals surface area (Å²) in [7, 11) is 0. The second-order valence-electron chi connectivity index (χ2n) is 5.85. The summed E-state index contributed by atoms with van der Waals surface area (Å²) in [5, 5.41) is 6.82. The maximum atomic E-state index is 12.1. The van der Waals surface area contributed by atoms with Crippen LogP contribution in [0.3, 0.4) is 0 Å². The summed E-state index contributed by atoms with van der Waals surface area (Å²) in [4.78, 5) is 16.4. The zero-order valence-electron chi connectivity index (χ0n) is 14.0. The summed E-state index contributed by atoms with van der Waals surface area (Å²) in [5.74, 6) is 2.34. The molecule has 1 aliphatic heterocycles. The second kappa shape index (κ2) is 7.26. The number of fused-ring (bicyclic) bond motifs is 1. The van der Waals surface area contributed by atoms with Crippen molar-refractivity contribution in [1.82, 2.24) is 10.1 Å². The van der Waals surface area contributed by atoms with Crippen molar-refractivity contribution in [3.05, 3.63) is 54.4 Å². The third kappa shape index (κ3) is 3.66. The number of aryl methyl sites for hydroxylation is 1. The highest BCUT2D eigenvalue weighted by atomic mass is 16.7. The lowest BCUT2D eigenvalue weighted by Gasteiger charge is -2.05. The molecular formula is C19H17N3O4. The van der Waals surface area contributed by atoms with Gasteiger partial charge in [0.15, 0.2) is 11.5 Å². The van der Waals surface area contributed by atoms with Crippen molar-refractivity contribution in [2.45, 2.75) is 19.3 Å². The van der Waals surface area contributed by atoms with Gasteiger partial charge in [-0.2, -0.15) is 4.98 Å². The van der Waals surface area contributed by atoms with E-state index >= 15 is 0 Å². The molecule has 1 aromatic heterocycles. The lowest BCUT2D eigenvalue weighted by molar-refractivity contribution is -0.116. The standard InChI is InChI=1S/C19H17N3O4/c23-17(20-14-9-10-15-16(11-14)25-12-24-15)7-4-8-18-21-19(22-26-18)13-5-2-1-3-6-13/h1-3,5-6,9-11H,4,7-8,12H2,(H,20,23). The Morgan fingerprint density at radius 2 is 1.92 bits per heavy atom. The van der Waals surface area contributed by atoms with Crippen LogP contribution in [0.15, 0.2) is 53.1 Å². The average Bonchev–Trinajstić information content (AvgIpc) is 3.31. The number of nitrogens with zero attached hydrogens (tertiary/aromatic N) is 2. The predicted molar refractivity (Wildman–Crippen MR) is 93.9 cm³/mol. The zero-order valence-corrected chi connectivity index (χ0v) is 14.0. The van der Waals surface area contributed by atoms with Gasteiger partial charge in [0.2, 0.25) is 24.4 Å². The Balaban J connectivity index is 1.27. The molecular weight excluding hydrogens is 334 g/mol. The maximum Gasteiger partial charge on any atom is 0.231 e. The lowest BCUT2D eigenvalue weighted by Crippen LogP contribution is -2.11. The lowest BCUT2D eigenvalue weighted by atomic mass is 10.2. The number of rotatable bonds is 6. The van der Waals surface area contributed by atoms with Gasteiger partial charge in [0.25, 0.3) is 0 Å². The highest BCUT2D eigenvalue weighted by Crippen LogP contribution is 2.34. The molecule has 2 heterocycles. The van der Waals surface area contributed by atoms with Gasteiger partial charge in [0, 0.05) is 30.2 Å². The van der Waals surface area contributed by atoms with Crippen LogP contribution in [0, 0.1) is 0 Å². The first-order valence-electron chi connectivity index (χ1n) is 8.35. The van der Waals surface area contributed by atoms with Crippen LogP contribution in [0.1, 0.15) is 18.7 Å². The average molecular weight is 351 g/mol. The Labute approximate surface area is 149 Å². The number of aromatic nitrogens is 2. The van der Waals surface area contributed by atoms with E-state index in [4.69, 9.17) is 14.0 Å². The van der Waals surface area contributed by atoms with E-state index in [1.807, 2.05) is 30.3 Å². The number of carbonyl (C=O) groups excluding carboxylic acids is 1. The molecule has 0 radical (unpaired) electrons. The molecule has 0 spiro atoms. The van der Waals surface area contributed by atoms with Crippen LogP contribution in [0.2, 0.25) is 0 Å². The number of amides is 1. The van der Waals surface area contributed by atoms with Gasteiger partial charge in [-0.05, 0) is 18.6 Å². The van der Waals surface area contributed by atoms with Crippen molar-refractivity contribution in [3.8, 4) is 22.9 Å². The number of anilines is 1. The smallest absolute Gasteiger partial charge is 0.231 e. The first kappa shape index (κ1) is 16.1. The van der Waals surface area contributed by atoms with Gasteiger partial charge in [-0.15, -0.1) is 0 Å². The minimum Gasteiger partial charge on any atom is -0.454 e. The van der Waals surface area contributed by atoms with E-state index < -0.39 is 0 Å². The number of hydrogen-bond acceptors (Lipinski definition) is 6. The molecule has 0 aliphatic carbocycles. The number of hydrogen-bond donors (Lipinski definition) is 1. The van der Waals surface area contributed by atoms with E-state index in [1.54, 1.807) is 18.2 Å². The number of ether oxygens (including phenoxy) is 2. The summed E-state index contributed by atoms with van der Waals surface area (Å²) >= 11 is 0. The van der Waals surface area contributed by atoms with Crippen LogP contribution in [-0.2, 0) is 11.2 Å². The quantitative estimate of drug-likeness (QED) is 0.732. The number of benzene rings is 2. The molecule has 0 unspecified atom stereocenters. The third-order valence-electron chi connectivity index (χ3n) is 3.95. The van der Waals surface area contributed by atoms with E-state index in [0.717, 1.165) is 5.56 Å². The molecule has 1 amide bonds. The van der Waals surface area contributed by atoms with Crippen LogP contribution in [0.4, 0.5) is 5.69 Å². The Morgan fingerprint density at radius 3 is 2.81 bits per heavy atom. The molecule has 2 aromatic carbocycles. The summed E-state index contributed by atoms with van der Waals surface area (Å²) in [6, 6.07) is 14.9.